The molecule has 37 heavy (non-hydrogen) atoms. The molecule has 2 atom stereocenters. The van der Waals surface area contributed by atoms with E-state index in [1.165, 1.54) is 7.11 Å². The smallest absolute Gasteiger partial charge is 0.250 e. The number of amides is 1. The number of hydrogen-bond acceptors (Lipinski definition) is 5. The van der Waals surface area contributed by atoms with Gasteiger partial charge in [0.25, 0.3) is 0 Å². The largest absolute Gasteiger partial charge is 0.375 e. The molecule has 1 saturated heterocycles. The summed E-state index contributed by atoms with van der Waals surface area (Å²) in [5.74, 6) is -0.281. The van der Waals surface area contributed by atoms with Crippen molar-refractivity contribution in [3.05, 3.63) is 107 Å². The van der Waals surface area contributed by atoms with Gasteiger partial charge in [0.2, 0.25) is 5.91 Å². The van der Waals surface area contributed by atoms with E-state index in [2.05, 4.69) is 48.4 Å². The lowest BCUT2D eigenvalue weighted by molar-refractivity contribution is -0.119. The Hall–Kier alpha value is -3.79. The molecular weight excluding hydrogens is 508 g/mol. The van der Waals surface area contributed by atoms with Crippen LogP contribution in [0.1, 0.15) is 29.0 Å². The summed E-state index contributed by atoms with van der Waals surface area (Å²) in [5.41, 5.74) is 4.32. The molecule has 5 rings (SSSR count). The Labute approximate surface area is 225 Å². The van der Waals surface area contributed by atoms with Crippen LogP contribution in [0.25, 0.3) is 0 Å². The molecule has 3 aromatic heterocycles. The number of pyridine rings is 2. The number of nitrogens with one attached hydrogen (secondary N) is 2. The highest BCUT2D eigenvalue weighted by Gasteiger charge is 2.42. The van der Waals surface area contributed by atoms with Crippen molar-refractivity contribution in [1.29, 1.82) is 0 Å². The van der Waals surface area contributed by atoms with Crippen LogP contribution >= 0.6 is 23.8 Å². The van der Waals surface area contributed by atoms with Crippen molar-refractivity contribution < 1.29 is 9.53 Å². The van der Waals surface area contributed by atoms with Gasteiger partial charge in [-0.2, -0.15) is 0 Å². The van der Waals surface area contributed by atoms with Gasteiger partial charge in [-0.15, -0.1) is 0 Å². The topological polar surface area (TPSA) is 84.3 Å². The quantitative estimate of drug-likeness (QED) is 0.317. The Morgan fingerprint density at radius 2 is 2.05 bits per heavy atom. The number of anilines is 2. The molecule has 10 heteroatoms. The SMILES string of the molecule is COCC(=O)Nc1ccc(N2C(=S)N[C@@H](c3ccccn3)[C@@H]2c2cccn2Cc2cccnc2)cc1Cl. The van der Waals surface area contributed by atoms with Crippen molar-refractivity contribution >= 4 is 46.2 Å². The van der Waals surface area contributed by atoms with Crippen LogP contribution in [-0.4, -0.2) is 39.3 Å². The first-order chi connectivity index (χ1) is 18.0. The van der Waals surface area contributed by atoms with Gasteiger partial charge in [-0.1, -0.05) is 23.7 Å². The number of ether oxygens (including phenoxy) is 1. The van der Waals surface area contributed by atoms with Gasteiger partial charge in [0.05, 0.1) is 22.4 Å². The van der Waals surface area contributed by atoms with Gasteiger partial charge in [-0.3, -0.25) is 14.8 Å². The van der Waals surface area contributed by atoms with E-state index in [0.717, 1.165) is 22.6 Å². The molecule has 1 aliphatic rings. The zero-order valence-electron chi connectivity index (χ0n) is 20.0. The van der Waals surface area contributed by atoms with E-state index in [1.54, 1.807) is 24.5 Å². The molecule has 0 spiro atoms. The maximum atomic E-state index is 12.0. The van der Waals surface area contributed by atoms with E-state index in [-0.39, 0.29) is 24.6 Å². The van der Waals surface area contributed by atoms with E-state index < -0.39 is 0 Å². The van der Waals surface area contributed by atoms with E-state index >= 15 is 0 Å². The molecular formula is C27H25ClN6O2S. The molecule has 8 nitrogen and oxygen atoms in total. The van der Waals surface area contributed by atoms with Crippen LogP contribution < -0.4 is 15.5 Å². The number of nitrogens with zero attached hydrogens (tertiary/aromatic N) is 4. The zero-order valence-corrected chi connectivity index (χ0v) is 21.6. The molecule has 0 saturated carbocycles. The van der Waals surface area contributed by atoms with Crippen LogP contribution in [0.2, 0.25) is 5.02 Å². The Kier molecular flexibility index (Phi) is 7.45. The van der Waals surface area contributed by atoms with Gasteiger partial charge < -0.3 is 24.8 Å². The average Bonchev–Trinajstić information content (AvgIpc) is 3.50. The van der Waals surface area contributed by atoms with Gasteiger partial charge in [0, 0.05) is 49.8 Å². The van der Waals surface area contributed by atoms with Crippen LogP contribution in [0.15, 0.2) is 85.5 Å². The predicted octanol–water partition coefficient (Wildman–Crippen LogP) is 4.74. The van der Waals surface area contributed by atoms with Crippen LogP contribution in [0.3, 0.4) is 0 Å². The van der Waals surface area contributed by atoms with Crippen molar-refractivity contribution in [1.82, 2.24) is 19.9 Å². The lowest BCUT2D eigenvalue weighted by Gasteiger charge is -2.29. The number of rotatable bonds is 8. The van der Waals surface area contributed by atoms with Gasteiger partial charge in [-0.25, -0.2) is 0 Å². The molecule has 0 radical (unpaired) electrons. The summed E-state index contributed by atoms with van der Waals surface area (Å²) in [6, 6.07) is 19.0. The summed E-state index contributed by atoms with van der Waals surface area (Å²) < 4.78 is 7.09. The molecule has 188 valence electrons. The number of carbonyl (C=O) groups excluding carboxylic acids is 1. The Bertz CT molecular complexity index is 1400. The number of halogens is 1. The minimum absolute atomic E-state index is 0.0556. The fourth-order valence-electron chi connectivity index (χ4n) is 4.53. The van der Waals surface area contributed by atoms with E-state index in [0.29, 0.717) is 22.4 Å². The lowest BCUT2D eigenvalue weighted by Crippen LogP contribution is -2.30. The Morgan fingerprint density at radius 1 is 1.16 bits per heavy atom. The van der Waals surface area contributed by atoms with Crippen molar-refractivity contribution in [2.75, 3.05) is 23.9 Å². The second kappa shape index (κ2) is 11.1. The molecule has 1 amide bonds. The average molecular weight is 533 g/mol. The second-order valence-corrected chi connectivity index (χ2v) is 9.36. The molecule has 1 fully saturated rings. The summed E-state index contributed by atoms with van der Waals surface area (Å²) in [4.78, 5) is 22.9. The minimum Gasteiger partial charge on any atom is -0.375 e. The third-order valence-electron chi connectivity index (χ3n) is 6.12. The standard InChI is InChI=1S/C27H25ClN6O2S/c1-36-17-24(35)31-21-10-9-19(14-20(21)28)34-26(25(32-27(34)37)22-7-2-3-12-30-22)23-8-5-13-33(23)16-18-6-4-11-29-15-18/h2-15,25-26H,16-17H2,1H3,(H,31,35)(H,32,37)/t25-,26-/m0/s1. The third kappa shape index (κ3) is 5.34. The fraction of sp³-hybridized carbons (Fsp3) is 0.185. The summed E-state index contributed by atoms with van der Waals surface area (Å²) in [6.45, 7) is 0.605. The molecule has 4 aromatic rings. The maximum Gasteiger partial charge on any atom is 0.250 e. The van der Waals surface area contributed by atoms with Crippen molar-refractivity contribution in [2.45, 2.75) is 18.6 Å². The third-order valence-corrected chi connectivity index (χ3v) is 6.75. The molecule has 1 aromatic carbocycles. The highest BCUT2D eigenvalue weighted by Crippen LogP contribution is 2.43. The van der Waals surface area contributed by atoms with Gasteiger partial charge in [0.1, 0.15) is 12.6 Å². The normalized spacial score (nSPS) is 17.0. The van der Waals surface area contributed by atoms with Crippen molar-refractivity contribution in [2.24, 2.45) is 0 Å². The zero-order chi connectivity index (χ0) is 25.8. The highest BCUT2D eigenvalue weighted by molar-refractivity contribution is 7.80. The number of hydrogen-bond donors (Lipinski definition) is 2. The van der Waals surface area contributed by atoms with Crippen molar-refractivity contribution in [3.8, 4) is 0 Å². The van der Waals surface area contributed by atoms with E-state index in [1.807, 2.05) is 42.6 Å². The van der Waals surface area contributed by atoms with E-state index in [9.17, 15) is 4.79 Å². The monoisotopic (exact) mass is 532 g/mol. The maximum absolute atomic E-state index is 12.0. The molecule has 0 unspecified atom stereocenters. The van der Waals surface area contributed by atoms with E-state index in [4.69, 9.17) is 28.6 Å². The van der Waals surface area contributed by atoms with Gasteiger partial charge in [0.15, 0.2) is 5.11 Å². The van der Waals surface area contributed by atoms with Crippen LogP contribution in [0.5, 0.6) is 0 Å². The number of carbonyl (C=O) groups is 1. The van der Waals surface area contributed by atoms with Crippen LogP contribution in [-0.2, 0) is 16.1 Å². The van der Waals surface area contributed by atoms with Crippen molar-refractivity contribution in [3.63, 3.8) is 0 Å². The summed E-state index contributed by atoms with van der Waals surface area (Å²) in [7, 11) is 1.47. The summed E-state index contributed by atoms with van der Waals surface area (Å²) in [5, 5.41) is 7.19. The molecule has 2 N–H and O–H groups in total. The van der Waals surface area contributed by atoms with Crippen LogP contribution in [0.4, 0.5) is 11.4 Å². The Balaban J connectivity index is 1.54. The van der Waals surface area contributed by atoms with Gasteiger partial charge >= 0.3 is 0 Å². The first-order valence-corrected chi connectivity index (χ1v) is 12.5. The Morgan fingerprint density at radius 3 is 2.78 bits per heavy atom. The summed E-state index contributed by atoms with van der Waals surface area (Å²) >= 11 is 12.4. The first-order valence-electron chi connectivity index (χ1n) is 11.7. The minimum atomic E-state index is -0.281. The second-order valence-electron chi connectivity index (χ2n) is 8.56. The van der Waals surface area contributed by atoms with Crippen LogP contribution in [0, 0.1) is 0 Å². The first kappa shape index (κ1) is 24.9. The number of aromatic nitrogens is 3. The summed E-state index contributed by atoms with van der Waals surface area (Å²) in [6.07, 6.45) is 7.47. The molecule has 0 bridgehead atoms. The molecule has 1 aliphatic heterocycles. The number of methoxy groups -OCH3 is 1. The number of thiocarbonyl (C=S) groups is 1. The lowest BCUT2D eigenvalue weighted by atomic mass is 10.0. The highest BCUT2D eigenvalue weighted by atomic mass is 35.5. The number of benzene rings is 1. The molecule has 0 aliphatic carbocycles. The predicted molar refractivity (Wildman–Crippen MR) is 148 cm³/mol. The fourth-order valence-corrected chi connectivity index (χ4v) is 5.10. The van der Waals surface area contributed by atoms with Gasteiger partial charge in [-0.05, 0) is 66.3 Å². The molecule has 4 heterocycles.